The normalized spacial score (nSPS) is 24.8. The number of nitrogens with zero attached hydrogens (tertiary/aromatic N) is 3. The number of piperidine rings is 1. The van der Waals surface area contributed by atoms with Gasteiger partial charge >= 0.3 is 0 Å². The Hall–Kier alpha value is -1.56. The van der Waals surface area contributed by atoms with Crippen LogP contribution in [0, 0.1) is 5.92 Å². The molecule has 1 aromatic rings. The van der Waals surface area contributed by atoms with Crippen LogP contribution in [0.2, 0.25) is 5.15 Å². The van der Waals surface area contributed by atoms with Crippen LogP contribution in [-0.2, 0) is 4.79 Å². The van der Waals surface area contributed by atoms with Gasteiger partial charge < -0.3 is 15.5 Å². The Morgan fingerprint density at radius 3 is 2.68 bits per heavy atom. The highest BCUT2D eigenvalue weighted by molar-refractivity contribution is 6.29. The van der Waals surface area contributed by atoms with E-state index < -0.39 is 0 Å². The van der Waals surface area contributed by atoms with Gasteiger partial charge in [0.25, 0.3) is 0 Å². The molecule has 0 aromatic carbocycles. The van der Waals surface area contributed by atoms with E-state index in [1.165, 1.54) is 19.3 Å². The summed E-state index contributed by atoms with van der Waals surface area (Å²) >= 11 is 6.13. The molecule has 7 heteroatoms. The maximum atomic E-state index is 12.7. The molecule has 1 amide bonds. The fraction of sp³-hybridized carbons (Fsp3) is 0.722. The summed E-state index contributed by atoms with van der Waals surface area (Å²) in [5, 5.41) is 6.62. The molecular formula is C18H28ClN5O. The molecule has 1 aliphatic heterocycles. The van der Waals surface area contributed by atoms with Crippen molar-refractivity contribution in [3.63, 3.8) is 0 Å². The van der Waals surface area contributed by atoms with E-state index in [0.29, 0.717) is 29.7 Å². The van der Waals surface area contributed by atoms with Crippen LogP contribution in [0.4, 0.5) is 11.8 Å². The summed E-state index contributed by atoms with van der Waals surface area (Å²) in [6.07, 6.45) is 7.88. The number of carbonyl (C=O) groups is 1. The highest BCUT2D eigenvalue weighted by atomic mass is 35.5. The highest BCUT2D eigenvalue weighted by Crippen LogP contribution is 2.29. The minimum atomic E-state index is 0.00454. The van der Waals surface area contributed by atoms with Crippen molar-refractivity contribution in [2.45, 2.75) is 64.0 Å². The summed E-state index contributed by atoms with van der Waals surface area (Å²) in [6, 6.07) is 2.47. The maximum absolute atomic E-state index is 12.7. The number of carbonyl (C=O) groups excluding carboxylic acids is 1. The van der Waals surface area contributed by atoms with E-state index in [0.717, 1.165) is 31.5 Å². The first-order valence-corrected chi connectivity index (χ1v) is 9.74. The zero-order chi connectivity index (χ0) is 17.8. The van der Waals surface area contributed by atoms with Crippen LogP contribution < -0.4 is 15.5 Å². The highest BCUT2D eigenvalue weighted by Gasteiger charge is 2.32. The van der Waals surface area contributed by atoms with Gasteiger partial charge in [0.15, 0.2) is 0 Å². The average molecular weight is 366 g/mol. The number of hydrogen-bond acceptors (Lipinski definition) is 5. The lowest BCUT2D eigenvalue weighted by molar-refractivity contribution is -0.126. The first kappa shape index (κ1) is 18.2. The third kappa shape index (κ3) is 4.54. The number of anilines is 2. The van der Waals surface area contributed by atoms with Gasteiger partial charge in [0.1, 0.15) is 11.0 Å². The molecule has 3 rings (SSSR count). The Morgan fingerprint density at radius 2 is 1.96 bits per heavy atom. The fourth-order valence-electron chi connectivity index (χ4n) is 3.87. The molecule has 1 saturated heterocycles. The van der Waals surface area contributed by atoms with Crippen LogP contribution in [0.1, 0.15) is 51.9 Å². The van der Waals surface area contributed by atoms with Gasteiger partial charge in [-0.25, -0.2) is 4.98 Å². The number of aromatic nitrogens is 2. The van der Waals surface area contributed by atoms with Crippen LogP contribution in [-0.4, -0.2) is 41.6 Å². The van der Waals surface area contributed by atoms with Crippen molar-refractivity contribution in [2.75, 3.05) is 23.8 Å². The standard InChI is InChI=1S/C18H28ClN5O/c1-12-8-9-13(17(25)21-14-6-4-3-5-7-14)11-24(12)16-10-15(19)22-18(20-2)23-16/h10,12-14H,3-9,11H2,1-2H3,(H,21,25)(H,20,22,23). The van der Waals surface area contributed by atoms with Crippen molar-refractivity contribution in [1.29, 1.82) is 0 Å². The van der Waals surface area contributed by atoms with Gasteiger partial charge in [-0.3, -0.25) is 4.79 Å². The van der Waals surface area contributed by atoms with E-state index in [1.54, 1.807) is 13.1 Å². The molecule has 2 atom stereocenters. The summed E-state index contributed by atoms with van der Waals surface area (Å²) in [7, 11) is 1.77. The second-order valence-electron chi connectivity index (χ2n) is 7.24. The van der Waals surface area contributed by atoms with E-state index in [2.05, 4.69) is 32.4 Å². The Labute approximate surface area is 154 Å². The first-order chi connectivity index (χ1) is 12.1. The van der Waals surface area contributed by atoms with Gasteiger partial charge in [-0.15, -0.1) is 0 Å². The molecule has 0 bridgehead atoms. The number of hydrogen-bond donors (Lipinski definition) is 2. The molecule has 25 heavy (non-hydrogen) atoms. The predicted molar refractivity (Wildman–Crippen MR) is 101 cm³/mol. The molecule has 2 heterocycles. The minimum Gasteiger partial charge on any atom is -0.357 e. The number of amides is 1. The van der Waals surface area contributed by atoms with E-state index in [1.807, 2.05) is 0 Å². The molecule has 0 radical (unpaired) electrons. The summed E-state index contributed by atoms with van der Waals surface area (Å²) in [4.78, 5) is 23.6. The first-order valence-electron chi connectivity index (χ1n) is 9.36. The molecular weight excluding hydrogens is 338 g/mol. The van der Waals surface area contributed by atoms with Crippen LogP contribution in [0.25, 0.3) is 0 Å². The molecule has 2 aliphatic rings. The van der Waals surface area contributed by atoms with E-state index in [9.17, 15) is 4.79 Å². The molecule has 0 spiro atoms. The Morgan fingerprint density at radius 1 is 1.20 bits per heavy atom. The molecule has 2 N–H and O–H groups in total. The topological polar surface area (TPSA) is 70.2 Å². The zero-order valence-electron chi connectivity index (χ0n) is 15.1. The molecule has 1 aliphatic carbocycles. The fourth-order valence-corrected chi connectivity index (χ4v) is 4.05. The maximum Gasteiger partial charge on any atom is 0.225 e. The summed E-state index contributed by atoms with van der Waals surface area (Å²) in [5.41, 5.74) is 0. The molecule has 1 saturated carbocycles. The SMILES string of the molecule is CNc1nc(Cl)cc(N2CC(C(=O)NC3CCCCC3)CCC2C)n1. The summed E-state index contributed by atoms with van der Waals surface area (Å²) < 4.78 is 0. The second kappa shape index (κ2) is 8.21. The minimum absolute atomic E-state index is 0.00454. The lowest BCUT2D eigenvalue weighted by Gasteiger charge is -2.39. The van der Waals surface area contributed by atoms with Crippen LogP contribution in [0.15, 0.2) is 6.07 Å². The van der Waals surface area contributed by atoms with Crippen molar-refractivity contribution < 1.29 is 4.79 Å². The van der Waals surface area contributed by atoms with E-state index >= 15 is 0 Å². The number of rotatable bonds is 4. The Bertz CT molecular complexity index is 605. The molecule has 2 unspecified atom stereocenters. The van der Waals surface area contributed by atoms with Crippen LogP contribution in [0.5, 0.6) is 0 Å². The second-order valence-corrected chi connectivity index (χ2v) is 7.63. The quantitative estimate of drug-likeness (QED) is 0.801. The van der Waals surface area contributed by atoms with Crippen molar-refractivity contribution in [1.82, 2.24) is 15.3 Å². The number of nitrogens with one attached hydrogen (secondary N) is 2. The Balaban J connectivity index is 1.68. The lowest BCUT2D eigenvalue weighted by Crippen LogP contribution is -2.49. The van der Waals surface area contributed by atoms with E-state index in [4.69, 9.17) is 11.6 Å². The molecule has 2 fully saturated rings. The smallest absolute Gasteiger partial charge is 0.225 e. The number of halogens is 1. The summed E-state index contributed by atoms with van der Waals surface area (Å²) in [5.74, 6) is 1.48. The Kier molecular flexibility index (Phi) is 5.99. The molecule has 1 aromatic heterocycles. The van der Waals surface area contributed by atoms with Crippen molar-refractivity contribution in [3.05, 3.63) is 11.2 Å². The van der Waals surface area contributed by atoms with E-state index in [-0.39, 0.29) is 11.8 Å². The van der Waals surface area contributed by atoms with Crippen molar-refractivity contribution >= 4 is 29.3 Å². The van der Waals surface area contributed by atoms with Gasteiger partial charge in [-0.05, 0) is 32.6 Å². The van der Waals surface area contributed by atoms with Gasteiger partial charge in [0, 0.05) is 31.7 Å². The van der Waals surface area contributed by atoms with Gasteiger partial charge in [0.2, 0.25) is 11.9 Å². The predicted octanol–water partition coefficient (Wildman–Crippen LogP) is 3.23. The molecule has 138 valence electrons. The van der Waals surface area contributed by atoms with Crippen molar-refractivity contribution in [3.8, 4) is 0 Å². The third-order valence-corrected chi connectivity index (χ3v) is 5.60. The van der Waals surface area contributed by atoms with Crippen LogP contribution in [0.3, 0.4) is 0 Å². The lowest BCUT2D eigenvalue weighted by atomic mass is 9.91. The average Bonchev–Trinajstić information content (AvgIpc) is 2.62. The zero-order valence-corrected chi connectivity index (χ0v) is 15.9. The molecule has 6 nitrogen and oxygen atoms in total. The van der Waals surface area contributed by atoms with Gasteiger partial charge in [0.05, 0.1) is 5.92 Å². The largest absolute Gasteiger partial charge is 0.357 e. The van der Waals surface area contributed by atoms with Crippen molar-refractivity contribution in [2.24, 2.45) is 5.92 Å². The van der Waals surface area contributed by atoms with Crippen LogP contribution >= 0.6 is 11.6 Å². The third-order valence-electron chi connectivity index (χ3n) is 5.40. The summed E-state index contributed by atoms with van der Waals surface area (Å²) in [6.45, 7) is 2.85. The van der Waals surface area contributed by atoms with Gasteiger partial charge in [-0.1, -0.05) is 30.9 Å². The van der Waals surface area contributed by atoms with Gasteiger partial charge in [-0.2, -0.15) is 4.98 Å². The monoisotopic (exact) mass is 365 g/mol.